The molecule has 326 valence electrons. The second kappa shape index (κ2) is 45.8. The van der Waals surface area contributed by atoms with Gasteiger partial charge in [0, 0.05) is 19.3 Å². The molecule has 6 nitrogen and oxygen atoms in total. The maximum Gasteiger partial charge on any atom is 0.306 e. The van der Waals surface area contributed by atoms with E-state index in [1.165, 1.54) is 32.1 Å². The van der Waals surface area contributed by atoms with Crippen LogP contribution in [0.1, 0.15) is 181 Å². The Morgan fingerprint density at radius 3 is 1.29 bits per heavy atom. The third-order valence-electron chi connectivity index (χ3n) is 9.15. The van der Waals surface area contributed by atoms with Crippen molar-refractivity contribution in [3.05, 3.63) is 109 Å². The van der Waals surface area contributed by atoms with Crippen LogP contribution in [0.2, 0.25) is 0 Å². The van der Waals surface area contributed by atoms with E-state index in [1.54, 1.807) is 0 Å². The number of carbonyl (C=O) groups is 3. The second-order valence-corrected chi connectivity index (χ2v) is 14.7. The van der Waals surface area contributed by atoms with Crippen molar-refractivity contribution in [2.45, 2.75) is 187 Å². The van der Waals surface area contributed by atoms with E-state index in [0.717, 1.165) is 103 Å². The first-order valence-corrected chi connectivity index (χ1v) is 23.0. The van der Waals surface area contributed by atoms with E-state index in [1.807, 2.05) is 36.5 Å². The molecule has 0 radical (unpaired) electrons. The number of rotatable bonds is 39. The maximum absolute atomic E-state index is 12.7. The van der Waals surface area contributed by atoms with Gasteiger partial charge in [-0.25, -0.2) is 0 Å². The van der Waals surface area contributed by atoms with Crippen LogP contribution in [-0.4, -0.2) is 37.2 Å². The normalized spacial score (nSPS) is 13.1. The Kier molecular flexibility index (Phi) is 42.7. The van der Waals surface area contributed by atoms with Gasteiger partial charge in [-0.05, 0) is 89.9 Å². The Morgan fingerprint density at radius 2 is 0.759 bits per heavy atom. The first-order chi connectivity index (χ1) is 28.5. The zero-order valence-corrected chi connectivity index (χ0v) is 37.0. The summed E-state index contributed by atoms with van der Waals surface area (Å²) < 4.78 is 16.6. The van der Waals surface area contributed by atoms with E-state index < -0.39 is 6.10 Å². The summed E-state index contributed by atoms with van der Waals surface area (Å²) in [5.41, 5.74) is 0. The van der Waals surface area contributed by atoms with Crippen LogP contribution in [0.25, 0.3) is 0 Å². The molecule has 0 N–H and O–H groups in total. The second-order valence-electron chi connectivity index (χ2n) is 14.7. The fraction of sp³-hybridized carbons (Fsp3) is 0.596. The Hall–Kier alpha value is -3.93. The molecule has 0 amide bonds. The molecular formula is C52H82O6. The fourth-order valence-corrected chi connectivity index (χ4v) is 5.72. The lowest BCUT2D eigenvalue weighted by molar-refractivity contribution is -0.167. The van der Waals surface area contributed by atoms with Crippen molar-refractivity contribution in [3.63, 3.8) is 0 Å². The number of carbonyl (C=O) groups excluding carboxylic acids is 3. The van der Waals surface area contributed by atoms with Crippen LogP contribution >= 0.6 is 0 Å². The third-order valence-corrected chi connectivity index (χ3v) is 9.15. The number of hydrogen-bond donors (Lipinski definition) is 0. The molecule has 0 aromatic carbocycles. The molecule has 0 aromatic rings. The quantitative estimate of drug-likeness (QED) is 0.0202. The standard InChI is InChI=1S/C52H82O6/c1-4-7-10-13-16-19-21-23-24-25-26-27-29-30-33-36-39-42-45-51(54)57-48-49(47-56-50(53)44-41-38-35-32-18-15-12-9-6-3)58-52(55)46-43-40-37-34-31-28-22-20-17-14-11-8-5-2/h8-9,11-12,14,17-18,20-28,31-32,49H,4-7,10,13,15-16,19,29-30,33-48H2,1-3H3/b11-8-,12-9-,17-14-,22-20-,23-21-,25-24-,27-26-,31-28-,32-18-. The fourth-order valence-electron chi connectivity index (χ4n) is 5.72. The highest BCUT2D eigenvalue weighted by molar-refractivity contribution is 5.71. The largest absolute Gasteiger partial charge is 0.462 e. The minimum Gasteiger partial charge on any atom is -0.462 e. The smallest absolute Gasteiger partial charge is 0.306 e. The minimum atomic E-state index is -0.819. The molecule has 0 bridgehead atoms. The Bertz CT molecular complexity index is 1240. The highest BCUT2D eigenvalue weighted by atomic mass is 16.6. The van der Waals surface area contributed by atoms with Crippen molar-refractivity contribution in [1.29, 1.82) is 0 Å². The maximum atomic E-state index is 12.7. The van der Waals surface area contributed by atoms with Crippen molar-refractivity contribution in [1.82, 2.24) is 0 Å². The van der Waals surface area contributed by atoms with Gasteiger partial charge in [-0.2, -0.15) is 0 Å². The van der Waals surface area contributed by atoms with Crippen LogP contribution in [-0.2, 0) is 28.6 Å². The summed E-state index contributed by atoms with van der Waals surface area (Å²) >= 11 is 0. The van der Waals surface area contributed by atoms with Gasteiger partial charge >= 0.3 is 17.9 Å². The predicted molar refractivity (Wildman–Crippen MR) is 247 cm³/mol. The molecule has 0 aromatic heterocycles. The Morgan fingerprint density at radius 1 is 0.379 bits per heavy atom. The molecule has 1 atom stereocenters. The summed E-state index contributed by atoms with van der Waals surface area (Å²) in [4.78, 5) is 37.7. The van der Waals surface area contributed by atoms with Gasteiger partial charge in [-0.15, -0.1) is 0 Å². The van der Waals surface area contributed by atoms with Crippen LogP contribution in [0.15, 0.2) is 109 Å². The summed E-state index contributed by atoms with van der Waals surface area (Å²) in [6.45, 7) is 6.24. The molecule has 0 heterocycles. The van der Waals surface area contributed by atoms with Gasteiger partial charge in [0.15, 0.2) is 6.10 Å². The molecule has 0 aliphatic heterocycles. The molecule has 0 aliphatic carbocycles. The van der Waals surface area contributed by atoms with Gasteiger partial charge in [0.2, 0.25) is 0 Å². The summed E-state index contributed by atoms with van der Waals surface area (Å²) in [5, 5.41) is 0. The van der Waals surface area contributed by atoms with Gasteiger partial charge in [-0.3, -0.25) is 14.4 Å². The van der Waals surface area contributed by atoms with E-state index in [2.05, 4.69) is 93.7 Å². The molecule has 0 aliphatic rings. The van der Waals surface area contributed by atoms with E-state index in [-0.39, 0.29) is 37.5 Å². The first kappa shape index (κ1) is 54.1. The lowest BCUT2D eigenvalue weighted by Crippen LogP contribution is -2.30. The third kappa shape index (κ3) is 43.2. The summed E-state index contributed by atoms with van der Waals surface area (Å²) in [7, 11) is 0. The van der Waals surface area contributed by atoms with Gasteiger partial charge in [0.1, 0.15) is 13.2 Å². The Labute approximate surface area is 355 Å². The molecule has 0 saturated carbocycles. The summed E-state index contributed by atoms with van der Waals surface area (Å²) in [6.07, 6.45) is 60.8. The number of unbranched alkanes of at least 4 members (excludes halogenated alkanes) is 15. The zero-order chi connectivity index (χ0) is 42.3. The zero-order valence-electron chi connectivity index (χ0n) is 37.0. The number of esters is 3. The Balaban J connectivity index is 4.49. The average molecular weight is 803 g/mol. The van der Waals surface area contributed by atoms with Crippen molar-refractivity contribution < 1.29 is 28.6 Å². The highest BCUT2D eigenvalue weighted by Crippen LogP contribution is 2.11. The highest BCUT2D eigenvalue weighted by Gasteiger charge is 2.19. The first-order valence-electron chi connectivity index (χ1n) is 23.0. The van der Waals surface area contributed by atoms with Gasteiger partial charge in [-0.1, -0.05) is 182 Å². The topological polar surface area (TPSA) is 78.9 Å². The van der Waals surface area contributed by atoms with Crippen LogP contribution in [0.5, 0.6) is 0 Å². The van der Waals surface area contributed by atoms with Gasteiger partial charge < -0.3 is 14.2 Å². The predicted octanol–water partition coefficient (Wildman–Crippen LogP) is 14.8. The lowest BCUT2D eigenvalue weighted by atomic mass is 10.1. The van der Waals surface area contributed by atoms with Crippen molar-refractivity contribution >= 4 is 17.9 Å². The van der Waals surface area contributed by atoms with Gasteiger partial charge in [0.25, 0.3) is 0 Å². The monoisotopic (exact) mass is 803 g/mol. The van der Waals surface area contributed by atoms with Crippen LogP contribution < -0.4 is 0 Å². The van der Waals surface area contributed by atoms with Crippen molar-refractivity contribution in [2.24, 2.45) is 0 Å². The molecule has 0 spiro atoms. The molecule has 0 rings (SSSR count). The minimum absolute atomic E-state index is 0.118. The molecule has 6 heteroatoms. The summed E-state index contributed by atoms with van der Waals surface area (Å²) in [6, 6.07) is 0. The number of hydrogen-bond acceptors (Lipinski definition) is 6. The van der Waals surface area contributed by atoms with Crippen molar-refractivity contribution in [2.75, 3.05) is 13.2 Å². The van der Waals surface area contributed by atoms with Gasteiger partial charge in [0.05, 0.1) is 0 Å². The number of ether oxygens (including phenoxy) is 3. The molecule has 0 saturated heterocycles. The van der Waals surface area contributed by atoms with Crippen LogP contribution in [0, 0.1) is 0 Å². The van der Waals surface area contributed by atoms with E-state index >= 15 is 0 Å². The van der Waals surface area contributed by atoms with Crippen molar-refractivity contribution in [3.8, 4) is 0 Å². The van der Waals surface area contributed by atoms with Crippen LogP contribution in [0.4, 0.5) is 0 Å². The van der Waals surface area contributed by atoms with E-state index in [9.17, 15) is 14.4 Å². The molecular weight excluding hydrogens is 721 g/mol. The van der Waals surface area contributed by atoms with E-state index in [4.69, 9.17) is 14.2 Å². The number of allylic oxidation sites excluding steroid dienone is 18. The average Bonchev–Trinajstić information content (AvgIpc) is 3.22. The lowest BCUT2D eigenvalue weighted by Gasteiger charge is -2.18. The molecule has 1 unspecified atom stereocenters. The van der Waals surface area contributed by atoms with Crippen LogP contribution in [0.3, 0.4) is 0 Å². The molecule has 58 heavy (non-hydrogen) atoms. The van der Waals surface area contributed by atoms with E-state index in [0.29, 0.717) is 19.3 Å². The molecule has 0 fully saturated rings. The summed E-state index contributed by atoms with van der Waals surface area (Å²) in [5.74, 6) is -1.03. The SMILES string of the molecule is CC\C=C/C=C\C=C/C=C\CCCCCC(=O)OC(COC(=O)CCCC/C=C\C/C=C\CC)COC(=O)CCCCCCC\C=C/C=C\C=C/CCCCCCC.